The molecule has 0 heterocycles. The lowest BCUT2D eigenvalue weighted by molar-refractivity contribution is -0.232. The molecular formula is C24H32F2N2O. The van der Waals surface area contributed by atoms with E-state index < -0.39 is 23.2 Å². The molecule has 5 fully saturated rings. The molecule has 0 saturated heterocycles. The summed E-state index contributed by atoms with van der Waals surface area (Å²) in [6, 6.07) is 10.3. The van der Waals surface area contributed by atoms with E-state index in [0.29, 0.717) is 38.1 Å². The van der Waals surface area contributed by atoms with Gasteiger partial charge in [-0.1, -0.05) is 30.3 Å². The zero-order valence-electron chi connectivity index (χ0n) is 17.0. The van der Waals surface area contributed by atoms with E-state index in [1.54, 1.807) is 0 Å². The van der Waals surface area contributed by atoms with E-state index in [2.05, 4.69) is 17.4 Å². The topological polar surface area (TPSA) is 55.1 Å². The van der Waals surface area contributed by atoms with Gasteiger partial charge in [-0.3, -0.25) is 4.79 Å². The SMILES string of the molecule is NC[C@H]1CC[C@H](NC(=O)C23CC4CC(c5ccccc5)(CC(C2)C4(F)F)C3)CC1. The van der Waals surface area contributed by atoms with Crippen LogP contribution in [0.3, 0.4) is 0 Å². The minimum Gasteiger partial charge on any atom is -0.353 e. The molecule has 5 heteroatoms. The number of hydrogen-bond acceptors (Lipinski definition) is 2. The number of alkyl halides is 2. The standard InChI is InChI=1S/C24H32F2N2O/c25-24(26)18-10-22(17-4-2-1-3-5-17)11-19(24)13-23(12-18,15-22)21(29)28-20-8-6-16(14-27)7-9-20/h1-5,16,18-20H,6-15,27H2,(H,28,29)/t16-,18?,19?,20-,22?,23?. The summed E-state index contributed by atoms with van der Waals surface area (Å²) >= 11 is 0. The third-order valence-electron chi connectivity index (χ3n) is 8.70. The van der Waals surface area contributed by atoms with Gasteiger partial charge in [0, 0.05) is 17.9 Å². The minimum atomic E-state index is -2.64. The highest BCUT2D eigenvalue weighted by Crippen LogP contribution is 2.69. The predicted octanol–water partition coefficient (Wildman–Crippen LogP) is 4.40. The fourth-order valence-electron chi connectivity index (χ4n) is 7.29. The Labute approximate surface area is 171 Å². The molecule has 1 amide bonds. The third kappa shape index (κ3) is 3.03. The van der Waals surface area contributed by atoms with Crippen LogP contribution in [0.2, 0.25) is 0 Å². The number of amides is 1. The van der Waals surface area contributed by atoms with Crippen LogP contribution in [0.5, 0.6) is 0 Å². The molecule has 1 aromatic carbocycles. The first-order valence-electron chi connectivity index (χ1n) is 11.3. The number of rotatable bonds is 4. The average molecular weight is 403 g/mol. The first kappa shape index (κ1) is 19.5. The molecule has 6 rings (SSSR count). The second-order valence-corrected chi connectivity index (χ2v) is 10.4. The van der Waals surface area contributed by atoms with E-state index in [0.717, 1.165) is 37.7 Å². The molecule has 0 aliphatic heterocycles. The summed E-state index contributed by atoms with van der Waals surface area (Å²) in [7, 11) is 0. The van der Waals surface area contributed by atoms with Crippen molar-refractivity contribution in [2.75, 3.05) is 6.54 Å². The van der Waals surface area contributed by atoms with Crippen molar-refractivity contribution < 1.29 is 13.6 Å². The molecule has 0 radical (unpaired) electrons. The van der Waals surface area contributed by atoms with Gasteiger partial charge in [0.05, 0.1) is 5.41 Å². The summed E-state index contributed by atoms with van der Waals surface area (Å²) in [5, 5.41) is 3.29. The summed E-state index contributed by atoms with van der Waals surface area (Å²) in [6.45, 7) is 0.711. The van der Waals surface area contributed by atoms with Crippen LogP contribution < -0.4 is 11.1 Å². The Morgan fingerprint density at radius 2 is 1.62 bits per heavy atom. The number of carbonyl (C=O) groups is 1. The van der Waals surface area contributed by atoms with Crippen LogP contribution in [-0.2, 0) is 10.2 Å². The average Bonchev–Trinajstić information content (AvgIpc) is 2.73. The lowest BCUT2D eigenvalue weighted by Gasteiger charge is -2.64. The van der Waals surface area contributed by atoms with Crippen LogP contribution in [0.1, 0.15) is 63.4 Å². The van der Waals surface area contributed by atoms with E-state index in [9.17, 15) is 4.79 Å². The van der Waals surface area contributed by atoms with Gasteiger partial charge < -0.3 is 11.1 Å². The molecule has 3 nitrogen and oxygen atoms in total. The number of halogens is 2. The number of nitrogens with one attached hydrogen (secondary N) is 1. The molecule has 5 saturated carbocycles. The van der Waals surface area contributed by atoms with Crippen molar-refractivity contribution in [3.63, 3.8) is 0 Å². The highest BCUT2D eigenvalue weighted by molar-refractivity contribution is 5.84. The first-order valence-corrected chi connectivity index (χ1v) is 11.3. The highest BCUT2D eigenvalue weighted by atomic mass is 19.3. The molecule has 5 aliphatic carbocycles. The highest BCUT2D eigenvalue weighted by Gasteiger charge is 2.70. The van der Waals surface area contributed by atoms with Crippen molar-refractivity contribution in [2.45, 2.75) is 75.2 Å². The molecule has 1 aromatic rings. The van der Waals surface area contributed by atoms with Crippen LogP contribution in [0, 0.1) is 23.2 Å². The van der Waals surface area contributed by atoms with Gasteiger partial charge in [-0.2, -0.15) is 0 Å². The molecule has 29 heavy (non-hydrogen) atoms. The van der Waals surface area contributed by atoms with Gasteiger partial charge >= 0.3 is 0 Å². The van der Waals surface area contributed by atoms with Gasteiger partial charge in [0.25, 0.3) is 5.92 Å². The van der Waals surface area contributed by atoms with E-state index in [-0.39, 0.29) is 17.4 Å². The van der Waals surface area contributed by atoms with Crippen LogP contribution >= 0.6 is 0 Å². The maximum Gasteiger partial charge on any atom is 0.253 e. The zero-order chi connectivity index (χ0) is 20.3. The Kier molecular flexibility index (Phi) is 4.54. The lowest BCUT2D eigenvalue weighted by Crippen LogP contribution is -2.66. The van der Waals surface area contributed by atoms with Crippen LogP contribution in [0.15, 0.2) is 30.3 Å². The van der Waals surface area contributed by atoms with Crippen molar-refractivity contribution in [3.05, 3.63) is 35.9 Å². The quantitative estimate of drug-likeness (QED) is 0.784. The molecular weight excluding hydrogens is 370 g/mol. The van der Waals surface area contributed by atoms with Crippen LogP contribution in [0.4, 0.5) is 8.78 Å². The summed E-state index contributed by atoms with van der Waals surface area (Å²) in [6.07, 6.45) is 6.43. The van der Waals surface area contributed by atoms with E-state index >= 15 is 8.78 Å². The lowest BCUT2D eigenvalue weighted by atomic mass is 9.41. The molecule has 4 bridgehead atoms. The summed E-state index contributed by atoms with van der Waals surface area (Å²) in [4.78, 5) is 13.5. The summed E-state index contributed by atoms with van der Waals surface area (Å²) in [5.41, 5.74) is 6.03. The molecule has 3 N–H and O–H groups in total. The Morgan fingerprint density at radius 1 is 1.00 bits per heavy atom. The van der Waals surface area contributed by atoms with Gasteiger partial charge in [-0.25, -0.2) is 8.78 Å². The Bertz CT molecular complexity index is 754. The van der Waals surface area contributed by atoms with Crippen molar-refractivity contribution in [1.82, 2.24) is 5.32 Å². The smallest absolute Gasteiger partial charge is 0.253 e. The van der Waals surface area contributed by atoms with Crippen molar-refractivity contribution in [3.8, 4) is 0 Å². The van der Waals surface area contributed by atoms with Gasteiger partial charge in [-0.05, 0) is 81.2 Å². The number of benzene rings is 1. The van der Waals surface area contributed by atoms with Gasteiger partial charge in [0.1, 0.15) is 0 Å². The fraction of sp³-hybridized carbons (Fsp3) is 0.708. The van der Waals surface area contributed by atoms with E-state index in [4.69, 9.17) is 5.73 Å². The number of hydrogen-bond donors (Lipinski definition) is 2. The fourth-order valence-corrected chi connectivity index (χ4v) is 7.29. The second kappa shape index (κ2) is 6.76. The Morgan fingerprint density at radius 3 is 2.21 bits per heavy atom. The molecule has 158 valence electrons. The maximum absolute atomic E-state index is 15.0. The minimum absolute atomic E-state index is 0.0407. The Hall–Kier alpha value is -1.49. The monoisotopic (exact) mass is 402 g/mol. The molecule has 0 spiro atoms. The molecule has 0 aromatic heterocycles. The van der Waals surface area contributed by atoms with Gasteiger partial charge in [0.2, 0.25) is 5.91 Å². The number of nitrogens with two attached hydrogens (primary N) is 1. The number of carbonyl (C=O) groups excluding carboxylic acids is 1. The van der Waals surface area contributed by atoms with Gasteiger partial charge in [-0.15, -0.1) is 0 Å². The normalized spacial score (nSPS) is 42.6. The third-order valence-corrected chi connectivity index (χ3v) is 8.70. The van der Waals surface area contributed by atoms with E-state index in [1.807, 2.05) is 18.2 Å². The largest absolute Gasteiger partial charge is 0.353 e. The molecule has 2 atom stereocenters. The van der Waals surface area contributed by atoms with Crippen LogP contribution in [-0.4, -0.2) is 24.4 Å². The van der Waals surface area contributed by atoms with Crippen molar-refractivity contribution >= 4 is 5.91 Å². The van der Waals surface area contributed by atoms with Crippen molar-refractivity contribution in [1.29, 1.82) is 0 Å². The van der Waals surface area contributed by atoms with Gasteiger partial charge in [0.15, 0.2) is 0 Å². The predicted molar refractivity (Wildman–Crippen MR) is 109 cm³/mol. The Balaban J connectivity index is 1.41. The first-order chi connectivity index (χ1) is 13.9. The summed E-state index contributed by atoms with van der Waals surface area (Å²) < 4.78 is 30.0. The van der Waals surface area contributed by atoms with E-state index in [1.165, 1.54) is 0 Å². The second-order valence-electron chi connectivity index (χ2n) is 10.4. The zero-order valence-corrected chi connectivity index (χ0v) is 17.0. The van der Waals surface area contributed by atoms with Crippen molar-refractivity contribution in [2.24, 2.45) is 28.9 Å². The molecule has 2 unspecified atom stereocenters. The van der Waals surface area contributed by atoms with Crippen LogP contribution in [0.25, 0.3) is 0 Å². The molecule has 5 aliphatic rings. The summed E-state index contributed by atoms with van der Waals surface area (Å²) in [5.74, 6) is -3.39. The maximum atomic E-state index is 15.0.